The Morgan fingerprint density at radius 2 is 1.82 bits per heavy atom. The Labute approximate surface area is 234 Å². The highest BCUT2D eigenvalue weighted by molar-refractivity contribution is 5.92. The lowest BCUT2D eigenvalue weighted by molar-refractivity contribution is -0.149. The normalized spacial score (nSPS) is 39.4. The molecule has 0 spiro atoms. The summed E-state index contributed by atoms with van der Waals surface area (Å²) >= 11 is 0. The minimum absolute atomic E-state index is 0.0494. The summed E-state index contributed by atoms with van der Waals surface area (Å²) in [5, 5.41) is 0. The van der Waals surface area contributed by atoms with Gasteiger partial charge in [-0.3, -0.25) is 19.3 Å². The molecule has 1 aliphatic heterocycles. The molecule has 0 unspecified atom stereocenters. The van der Waals surface area contributed by atoms with E-state index in [1.54, 1.807) is 5.57 Å². The van der Waals surface area contributed by atoms with E-state index in [0.29, 0.717) is 30.2 Å². The molecule has 0 bridgehead atoms. The summed E-state index contributed by atoms with van der Waals surface area (Å²) in [6.45, 7) is 14.4. The van der Waals surface area contributed by atoms with Crippen LogP contribution in [0.1, 0.15) is 106 Å². The van der Waals surface area contributed by atoms with Gasteiger partial charge in [-0.15, -0.1) is 0 Å². The summed E-state index contributed by atoms with van der Waals surface area (Å²) in [5.74, 6) is 3.48. The molecule has 1 heterocycles. The molecule has 216 valence electrons. The third kappa shape index (κ3) is 4.88. The summed E-state index contributed by atoms with van der Waals surface area (Å²) in [6.07, 6.45) is 12.5. The maximum atomic E-state index is 11.8. The monoisotopic (exact) mass is 539 g/mol. The van der Waals surface area contributed by atoms with Crippen LogP contribution in [0.4, 0.5) is 0 Å². The van der Waals surface area contributed by atoms with Gasteiger partial charge in [0.15, 0.2) is 0 Å². The number of carbonyl (C=O) groups is 3. The fraction of sp³-hybridized carbons (Fsp3) is 0.788. The number of fused-ring (bicyclic) bond motifs is 7. The van der Waals surface area contributed by atoms with Crippen LogP contribution in [0, 0.1) is 40.4 Å². The molecular weight excluding hydrogens is 490 g/mol. The van der Waals surface area contributed by atoms with Crippen LogP contribution in [-0.2, 0) is 23.9 Å². The molecule has 9 atom stereocenters. The van der Waals surface area contributed by atoms with E-state index in [-0.39, 0.29) is 46.7 Å². The number of hydrogen-bond donors (Lipinski definition) is 0. The zero-order valence-electron chi connectivity index (χ0n) is 25.2. The number of carbonyl (C=O) groups excluding carboxylic acids is 3. The number of imide groups is 1. The van der Waals surface area contributed by atoms with Crippen molar-refractivity contribution in [3.8, 4) is 0 Å². The van der Waals surface area contributed by atoms with Crippen LogP contribution in [0.15, 0.2) is 23.0 Å². The predicted octanol–water partition coefficient (Wildman–Crippen LogP) is 6.59. The van der Waals surface area contributed by atoms with Crippen molar-refractivity contribution in [2.45, 2.75) is 118 Å². The van der Waals surface area contributed by atoms with Gasteiger partial charge in [-0.05, 0) is 91.9 Å². The number of ether oxygens (including phenoxy) is 2. The number of allylic oxidation sites excluding steroid dienone is 2. The highest BCUT2D eigenvalue weighted by atomic mass is 16.5. The van der Waals surface area contributed by atoms with Gasteiger partial charge in [-0.2, -0.15) is 0 Å². The topological polar surface area (TPSA) is 72.9 Å². The summed E-state index contributed by atoms with van der Waals surface area (Å²) in [6, 6.07) is 0. The van der Waals surface area contributed by atoms with E-state index < -0.39 is 0 Å². The molecule has 5 rings (SSSR count). The van der Waals surface area contributed by atoms with E-state index in [1.165, 1.54) is 44.1 Å². The zero-order chi connectivity index (χ0) is 28.3. The largest absolute Gasteiger partial charge is 0.494 e. The highest BCUT2D eigenvalue weighted by Gasteiger charge is 2.63. The molecule has 39 heavy (non-hydrogen) atoms. The third-order valence-corrected chi connectivity index (χ3v) is 11.7. The molecular formula is C33H49NO5. The lowest BCUT2D eigenvalue weighted by atomic mass is 9.47. The molecule has 5 aliphatic rings. The summed E-state index contributed by atoms with van der Waals surface area (Å²) in [5.41, 5.74) is 3.50. The van der Waals surface area contributed by atoms with Crippen molar-refractivity contribution in [3.63, 3.8) is 0 Å². The Morgan fingerprint density at radius 1 is 1.10 bits per heavy atom. The molecule has 0 aromatic rings. The second-order valence-electron chi connectivity index (χ2n) is 14.0. The molecule has 0 N–H and O–H groups in total. The van der Waals surface area contributed by atoms with Crippen LogP contribution in [0.3, 0.4) is 0 Å². The third-order valence-electron chi connectivity index (χ3n) is 11.7. The second kappa shape index (κ2) is 10.4. The molecule has 6 nitrogen and oxygen atoms in total. The van der Waals surface area contributed by atoms with Crippen LogP contribution < -0.4 is 0 Å². The lowest BCUT2D eigenvalue weighted by Gasteiger charge is -2.58. The van der Waals surface area contributed by atoms with E-state index in [1.807, 2.05) is 0 Å². The highest BCUT2D eigenvalue weighted by Crippen LogP contribution is 2.69. The van der Waals surface area contributed by atoms with Gasteiger partial charge < -0.3 is 9.47 Å². The summed E-state index contributed by atoms with van der Waals surface area (Å²) < 4.78 is 12.4. The quantitative estimate of drug-likeness (QED) is 0.281. The SMILES string of the molecule is CC(=O)O[C@H]1CC[C@@]2(C)C(=CC[C@H]3[C@H]2CC[C@@]2(C)[C@@H]4C(C)=C(CC[C@@H](C)CN(C(C)=O)C(C)=O)O[C@@H]4C[C@@H]32)C1. The first-order chi connectivity index (χ1) is 18.3. The van der Waals surface area contributed by atoms with Crippen molar-refractivity contribution in [2.24, 2.45) is 40.4 Å². The smallest absolute Gasteiger partial charge is 0.302 e. The fourth-order valence-corrected chi connectivity index (χ4v) is 9.81. The number of rotatable bonds is 6. The van der Waals surface area contributed by atoms with Crippen LogP contribution >= 0.6 is 0 Å². The predicted molar refractivity (Wildman–Crippen MR) is 150 cm³/mol. The molecule has 2 amide bonds. The minimum atomic E-state index is -0.179. The minimum Gasteiger partial charge on any atom is -0.494 e. The Balaban J connectivity index is 1.27. The summed E-state index contributed by atoms with van der Waals surface area (Å²) in [4.78, 5) is 36.6. The molecule has 4 aliphatic carbocycles. The summed E-state index contributed by atoms with van der Waals surface area (Å²) in [7, 11) is 0. The number of amides is 2. The maximum Gasteiger partial charge on any atom is 0.302 e. The van der Waals surface area contributed by atoms with E-state index in [4.69, 9.17) is 9.47 Å². The van der Waals surface area contributed by atoms with Crippen molar-refractivity contribution in [2.75, 3.05) is 6.54 Å². The zero-order valence-corrected chi connectivity index (χ0v) is 25.2. The van der Waals surface area contributed by atoms with Crippen LogP contribution in [0.2, 0.25) is 0 Å². The van der Waals surface area contributed by atoms with Gasteiger partial charge in [0.2, 0.25) is 11.8 Å². The van der Waals surface area contributed by atoms with Gasteiger partial charge in [-0.25, -0.2) is 0 Å². The number of hydrogen-bond acceptors (Lipinski definition) is 5. The van der Waals surface area contributed by atoms with E-state index in [9.17, 15) is 14.4 Å². The molecule has 3 fully saturated rings. The Bertz CT molecular complexity index is 1080. The maximum absolute atomic E-state index is 11.8. The van der Waals surface area contributed by atoms with Crippen molar-refractivity contribution in [3.05, 3.63) is 23.0 Å². The average molecular weight is 540 g/mol. The van der Waals surface area contributed by atoms with Crippen molar-refractivity contribution in [1.82, 2.24) is 4.90 Å². The van der Waals surface area contributed by atoms with E-state index in [2.05, 4.69) is 33.8 Å². The van der Waals surface area contributed by atoms with Crippen LogP contribution in [0.5, 0.6) is 0 Å². The van der Waals surface area contributed by atoms with Crippen LogP contribution in [-0.4, -0.2) is 41.4 Å². The average Bonchev–Trinajstić information content (AvgIpc) is 3.33. The molecule has 0 radical (unpaired) electrons. The fourth-order valence-electron chi connectivity index (χ4n) is 9.81. The van der Waals surface area contributed by atoms with Crippen molar-refractivity contribution in [1.29, 1.82) is 0 Å². The number of esters is 1. The second-order valence-corrected chi connectivity index (χ2v) is 14.0. The lowest BCUT2D eigenvalue weighted by Crippen LogP contribution is -2.50. The van der Waals surface area contributed by atoms with E-state index in [0.717, 1.165) is 50.7 Å². The van der Waals surface area contributed by atoms with Crippen LogP contribution in [0.25, 0.3) is 0 Å². The van der Waals surface area contributed by atoms with Gasteiger partial charge in [0.05, 0.1) is 5.76 Å². The standard InChI is InChI=1S/C33H49NO5/c1-19(18-34(21(3)35)22(4)36)8-11-29-20(2)31-30(39-29)17-28-26-10-9-24-16-25(38-23(5)37)12-14-32(24,6)27(26)13-15-33(28,31)7/h9,19,25-28,30-31H,8,10-18H2,1-7H3/t19-,25+,26+,27-,28+,30-,31-,32+,33-/m1/s1. The molecule has 0 aromatic heterocycles. The molecule has 0 saturated heterocycles. The first-order valence-corrected chi connectivity index (χ1v) is 15.4. The Hall–Kier alpha value is -2.11. The Morgan fingerprint density at radius 3 is 2.49 bits per heavy atom. The van der Waals surface area contributed by atoms with E-state index >= 15 is 0 Å². The molecule has 0 aromatic carbocycles. The Kier molecular flexibility index (Phi) is 7.56. The molecule has 3 saturated carbocycles. The van der Waals surface area contributed by atoms with Gasteiger partial charge in [0, 0.05) is 46.1 Å². The van der Waals surface area contributed by atoms with Gasteiger partial charge in [-0.1, -0.05) is 32.4 Å². The molecule has 6 heteroatoms. The van der Waals surface area contributed by atoms with Gasteiger partial charge >= 0.3 is 5.97 Å². The number of nitrogens with zero attached hydrogens (tertiary/aromatic N) is 1. The van der Waals surface area contributed by atoms with Gasteiger partial charge in [0.25, 0.3) is 0 Å². The first kappa shape index (κ1) is 28.4. The van der Waals surface area contributed by atoms with Crippen molar-refractivity contribution < 1.29 is 23.9 Å². The first-order valence-electron chi connectivity index (χ1n) is 15.4. The van der Waals surface area contributed by atoms with Gasteiger partial charge in [0.1, 0.15) is 12.2 Å². The van der Waals surface area contributed by atoms with Crippen molar-refractivity contribution >= 4 is 17.8 Å².